The molecule has 0 radical (unpaired) electrons. The maximum atomic E-state index is 9.27. The van der Waals surface area contributed by atoms with Crippen LogP contribution in [0, 0.1) is 0 Å². The Balaban J connectivity index is 1.93. The van der Waals surface area contributed by atoms with Crippen molar-refractivity contribution in [1.82, 2.24) is 4.98 Å². The summed E-state index contributed by atoms with van der Waals surface area (Å²) in [7, 11) is 0. The van der Waals surface area contributed by atoms with Gasteiger partial charge in [0.25, 0.3) is 0 Å². The van der Waals surface area contributed by atoms with Crippen molar-refractivity contribution >= 4 is 17.8 Å². The number of nitrogens with zero attached hydrogens (tertiary/aromatic N) is 2. The predicted molar refractivity (Wildman–Crippen MR) is 103 cm³/mol. The molecular weight excluding hydrogens is 332 g/mol. The summed E-state index contributed by atoms with van der Waals surface area (Å²) in [6.07, 6.45) is 6.16. The van der Waals surface area contributed by atoms with Gasteiger partial charge >= 0.3 is 0 Å². The van der Waals surface area contributed by atoms with Crippen LogP contribution in [-0.4, -0.2) is 59.8 Å². The third-order valence-electron chi connectivity index (χ3n) is 3.82. The molecule has 140 valence electrons. The Morgan fingerprint density at radius 2 is 1.62 bits per heavy atom. The van der Waals surface area contributed by atoms with Gasteiger partial charge in [-0.1, -0.05) is 24.3 Å². The number of anilines is 1. The second kappa shape index (κ2) is 11.3. The number of hydrogen-bond acceptors (Lipinski definition) is 6. The highest BCUT2D eigenvalue weighted by atomic mass is 16.5. The summed E-state index contributed by atoms with van der Waals surface area (Å²) in [5, 5.41) is 27.2. The van der Waals surface area contributed by atoms with E-state index < -0.39 is 0 Å². The van der Waals surface area contributed by atoms with Crippen molar-refractivity contribution < 1.29 is 20.1 Å². The van der Waals surface area contributed by atoms with Gasteiger partial charge in [0.2, 0.25) is 5.88 Å². The molecule has 0 amide bonds. The van der Waals surface area contributed by atoms with Crippen molar-refractivity contribution in [2.75, 3.05) is 44.4 Å². The lowest BCUT2D eigenvalue weighted by Gasteiger charge is -2.24. The fraction of sp³-hybridized carbons (Fsp3) is 0.350. The van der Waals surface area contributed by atoms with Gasteiger partial charge in [-0.25, -0.2) is 4.98 Å². The van der Waals surface area contributed by atoms with Crippen molar-refractivity contribution in [3.8, 4) is 5.88 Å². The molecule has 0 fully saturated rings. The monoisotopic (exact) mass is 358 g/mol. The summed E-state index contributed by atoms with van der Waals surface area (Å²) in [4.78, 5) is 5.91. The third kappa shape index (κ3) is 6.84. The fourth-order valence-corrected chi connectivity index (χ4v) is 2.42. The first-order valence-corrected chi connectivity index (χ1v) is 8.70. The van der Waals surface area contributed by atoms with Crippen molar-refractivity contribution in [1.29, 1.82) is 0 Å². The van der Waals surface area contributed by atoms with E-state index in [1.807, 2.05) is 36.4 Å². The van der Waals surface area contributed by atoms with E-state index in [2.05, 4.69) is 9.88 Å². The summed E-state index contributed by atoms with van der Waals surface area (Å²) >= 11 is 0. The lowest BCUT2D eigenvalue weighted by molar-refractivity contribution is 0.120. The molecule has 0 bridgehead atoms. The van der Waals surface area contributed by atoms with Gasteiger partial charge in [0.1, 0.15) is 0 Å². The molecule has 1 heterocycles. The van der Waals surface area contributed by atoms with Crippen LogP contribution in [0.1, 0.15) is 17.5 Å². The van der Waals surface area contributed by atoms with Crippen LogP contribution in [0.4, 0.5) is 5.69 Å². The molecule has 0 aliphatic carbocycles. The van der Waals surface area contributed by atoms with Gasteiger partial charge < -0.3 is 25.0 Å². The van der Waals surface area contributed by atoms with E-state index in [1.165, 1.54) is 0 Å². The number of hydrogen-bond donors (Lipinski definition) is 3. The Labute approximate surface area is 154 Å². The Morgan fingerprint density at radius 1 is 0.885 bits per heavy atom. The lowest BCUT2D eigenvalue weighted by atomic mass is 10.1. The number of aliphatic hydroxyl groups is 2. The minimum atomic E-state index is 0.0100. The molecule has 2 rings (SSSR count). The van der Waals surface area contributed by atoms with Crippen LogP contribution in [0.3, 0.4) is 0 Å². The zero-order valence-corrected chi connectivity index (χ0v) is 14.8. The van der Waals surface area contributed by atoms with Crippen LogP contribution in [0.5, 0.6) is 5.88 Å². The summed E-state index contributed by atoms with van der Waals surface area (Å²) < 4.78 is 5.47. The third-order valence-corrected chi connectivity index (χ3v) is 3.82. The average molecular weight is 358 g/mol. The molecule has 3 N–H and O–H groups in total. The molecule has 6 heteroatoms. The number of pyridine rings is 1. The van der Waals surface area contributed by atoms with Crippen molar-refractivity contribution in [2.45, 2.75) is 6.42 Å². The van der Waals surface area contributed by atoms with Gasteiger partial charge in [-0.05, 0) is 35.7 Å². The molecule has 0 aliphatic rings. The van der Waals surface area contributed by atoms with Crippen LogP contribution >= 0.6 is 0 Å². The highest BCUT2D eigenvalue weighted by Crippen LogP contribution is 2.17. The van der Waals surface area contributed by atoms with E-state index in [9.17, 15) is 10.2 Å². The summed E-state index contributed by atoms with van der Waals surface area (Å²) in [6.45, 7) is 2.52. The van der Waals surface area contributed by atoms with E-state index in [0.717, 1.165) is 16.8 Å². The SMILES string of the molecule is OCCCOCCN(CCO)c1ccc(/C=C/c2ccc(O)nc2)cc1. The minimum absolute atomic E-state index is 0.0100. The van der Waals surface area contributed by atoms with Crippen molar-refractivity contribution in [2.24, 2.45) is 0 Å². The molecular formula is C20H26N2O4. The normalized spacial score (nSPS) is 11.2. The van der Waals surface area contributed by atoms with Gasteiger partial charge in [0, 0.05) is 44.3 Å². The van der Waals surface area contributed by atoms with E-state index >= 15 is 0 Å². The number of aromatic hydroxyl groups is 1. The van der Waals surface area contributed by atoms with Gasteiger partial charge in [0.05, 0.1) is 13.2 Å². The second-order valence-corrected chi connectivity index (χ2v) is 5.77. The Bertz CT molecular complexity index is 657. The largest absolute Gasteiger partial charge is 0.493 e. The molecule has 26 heavy (non-hydrogen) atoms. The molecule has 1 aromatic heterocycles. The Hall–Kier alpha value is -2.41. The second-order valence-electron chi connectivity index (χ2n) is 5.77. The summed E-state index contributed by atoms with van der Waals surface area (Å²) in [5.74, 6) is 0.0100. The van der Waals surface area contributed by atoms with Gasteiger partial charge in [0.15, 0.2) is 0 Å². The number of aromatic nitrogens is 1. The van der Waals surface area contributed by atoms with Crippen LogP contribution in [0.2, 0.25) is 0 Å². The zero-order valence-electron chi connectivity index (χ0n) is 14.8. The highest BCUT2D eigenvalue weighted by Gasteiger charge is 2.05. The molecule has 0 spiro atoms. The van der Waals surface area contributed by atoms with E-state index in [4.69, 9.17) is 9.84 Å². The maximum Gasteiger partial charge on any atom is 0.210 e. The highest BCUT2D eigenvalue weighted by molar-refractivity contribution is 5.70. The van der Waals surface area contributed by atoms with Crippen LogP contribution in [0.25, 0.3) is 12.2 Å². The molecule has 2 aromatic rings. The molecule has 1 aromatic carbocycles. The van der Waals surface area contributed by atoms with Crippen LogP contribution in [-0.2, 0) is 4.74 Å². The molecule has 0 saturated carbocycles. The van der Waals surface area contributed by atoms with Gasteiger partial charge in [-0.15, -0.1) is 0 Å². The number of ether oxygens (including phenoxy) is 1. The molecule has 0 unspecified atom stereocenters. The van der Waals surface area contributed by atoms with Crippen LogP contribution in [0.15, 0.2) is 42.6 Å². The number of aliphatic hydroxyl groups excluding tert-OH is 2. The first kappa shape index (κ1) is 19.9. The standard InChI is InChI=1S/C20H26N2O4/c23-12-1-14-26-15-11-22(10-13-24)19-7-4-17(5-8-19)2-3-18-6-9-20(25)21-16-18/h2-9,16,23-24H,1,10-15H2,(H,21,25)/b3-2+. The number of benzene rings is 1. The zero-order chi connectivity index (χ0) is 18.6. The van der Waals surface area contributed by atoms with Gasteiger partial charge in [-0.2, -0.15) is 0 Å². The topological polar surface area (TPSA) is 86.1 Å². The summed E-state index contributed by atoms with van der Waals surface area (Å²) in [6, 6.07) is 11.4. The predicted octanol–water partition coefficient (Wildman–Crippen LogP) is 2.16. The summed E-state index contributed by atoms with van der Waals surface area (Å²) in [5.41, 5.74) is 2.98. The first-order chi connectivity index (χ1) is 12.7. The van der Waals surface area contributed by atoms with Crippen molar-refractivity contribution in [3.63, 3.8) is 0 Å². The smallest absolute Gasteiger partial charge is 0.210 e. The van der Waals surface area contributed by atoms with Gasteiger partial charge in [-0.3, -0.25) is 0 Å². The van der Waals surface area contributed by atoms with E-state index in [-0.39, 0.29) is 19.1 Å². The average Bonchev–Trinajstić information content (AvgIpc) is 2.67. The molecule has 0 saturated heterocycles. The first-order valence-electron chi connectivity index (χ1n) is 8.70. The fourth-order valence-electron chi connectivity index (χ4n) is 2.42. The molecule has 0 aliphatic heterocycles. The lowest BCUT2D eigenvalue weighted by Crippen LogP contribution is -2.30. The Morgan fingerprint density at radius 3 is 2.27 bits per heavy atom. The van der Waals surface area contributed by atoms with Crippen LogP contribution < -0.4 is 4.90 Å². The number of rotatable bonds is 11. The van der Waals surface area contributed by atoms with E-state index in [1.54, 1.807) is 18.3 Å². The Kier molecular flexibility index (Phi) is 8.62. The van der Waals surface area contributed by atoms with E-state index in [0.29, 0.717) is 32.7 Å². The quantitative estimate of drug-likeness (QED) is 0.534. The maximum absolute atomic E-state index is 9.27. The molecule has 6 nitrogen and oxygen atoms in total. The van der Waals surface area contributed by atoms with Crippen molar-refractivity contribution in [3.05, 3.63) is 53.7 Å². The minimum Gasteiger partial charge on any atom is -0.493 e. The molecule has 0 atom stereocenters.